The van der Waals surface area contributed by atoms with Crippen LogP contribution in [0.15, 0.2) is 65.2 Å². The first kappa shape index (κ1) is 34.5. The lowest BCUT2D eigenvalue weighted by Gasteiger charge is -2.28. The number of nitrogens with zero attached hydrogens (tertiary/aromatic N) is 2. The summed E-state index contributed by atoms with van der Waals surface area (Å²) in [7, 11) is -9.39. The number of allylic oxidation sites excluding steroid dienone is 2. The zero-order valence-corrected chi connectivity index (χ0v) is 27.6. The minimum atomic E-state index is -5.15. The molecule has 0 fully saturated rings. The van der Waals surface area contributed by atoms with E-state index in [0.29, 0.717) is 38.4 Å². The highest BCUT2D eigenvalue weighted by atomic mass is 35.5. The van der Waals surface area contributed by atoms with E-state index < -0.39 is 58.1 Å². The number of phosphoric acid groups is 1. The van der Waals surface area contributed by atoms with Crippen molar-refractivity contribution in [2.45, 2.75) is 51.1 Å². The normalized spacial score (nSPS) is 16.3. The van der Waals surface area contributed by atoms with Gasteiger partial charge in [-0.2, -0.15) is 0 Å². The van der Waals surface area contributed by atoms with Gasteiger partial charge < -0.3 is 19.5 Å². The summed E-state index contributed by atoms with van der Waals surface area (Å²) in [5, 5.41) is 11.6. The highest BCUT2D eigenvalue weighted by Crippen LogP contribution is 2.46. The average molecular weight is 692 g/mol. The Kier molecular flexibility index (Phi) is 9.20. The molecular weight excluding hydrogens is 660 g/mol. The molecule has 0 unspecified atom stereocenters. The highest BCUT2D eigenvalue weighted by Gasteiger charge is 2.43. The van der Waals surface area contributed by atoms with E-state index in [4.69, 9.17) is 38.0 Å². The summed E-state index contributed by atoms with van der Waals surface area (Å²) in [5.41, 5.74) is -1.40. The maximum absolute atomic E-state index is 15.3. The average Bonchev–Trinajstić information content (AvgIpc) is 3.33. The molecule has 4 rings (SSSR count). The van der Waals surface area contributed by atoms with E-state index in [9.17, 15) is 18.1 Å². The fourth-order valence-electron chi connectivity index (χ4n) is 5.02. The molecule has 0 saturated heterocycles. The van der Waals surface area contributed by atoms with Gasteiger partial charge in [0.2, 0.25) is 0 Å². The van der Waals surface area contributed by atoms with Crippen LogP contribution in [0.1, 0.15) is 56.8 Å². The molecule has 0 aliphatic heterocycles. The molecule has 1 heterocycles. The molecular formula is C29H31Cl2F2N2O7PS. The molecule has 0 saturated carbocycles. The molecule has 44 heavy (non-hydrogen) atoms. The summed E-state index contributed by atoms with van der Waals surface area (Å²) in [6, 6.07) is 11.5. The Morgan fingerprint density at radius 3 is 2.14 bits per heavy atom. The zero-order chi connectivity index (χ0) is 33.0. The second-order valence-corrected chi connectivity index (χ2v) is 15.6. The van der Waals surface area contributed by atoms with Crippen LogP contribution in [0, 0.1) is 0 Å². The SMILES string of the molecule is CC(C)(O)c1cn(-c2ccc(C3=CC(S(C)(=O)=O)=C(COP(=O)(O)O)C(F)(F)C3)cc2)c(C(C)(C)c2c(Cl)cccc2Cl)n1. The molecule has 9 nitrogen and oxygen atoms in total. The van der Waals surface area contributed by atoms with Gasteiger partial charge in [-0.15, -0.1) is 0 Å². The van der Waals surface area contributed by atoms with E-state index in [2.05, 4.69) is 4.52 Å². The number of hydrogen-bond donors (Lipinski definition) is 3. The van der Waals surface area contributed by atoms with Crippen molar-refractivity contribution in [3.8, 4) is 5.69 Å². The molecule has 0 bridgehead atoms. The van der Waals surface area contributed by atoms with Gasteiger partial charge in [-0.3, -0.25) is 4.52 Å². The van der Waals surface area contributed by atoms with Crippen LogP contribution >= 0.6 is 31.0 Å². The van der Waals surface area contributed by atoms with Gasteiger partial charge in [0, 0.05) is 45.7 Å². The molecule has 0 atom stereocenters. The van der Waals surface area contributed by atoms with Crippen molar-refractivity contribution in [1.82, 2.24) is 9.55 Å². The van der Waals surface area contributed by atoms with Gasteiger partial charge in [-0.05, 0) is 69.2 Å². The minimum absolute atomic E-state index is 0.00637. The van der Waals surface area contributed by atoms with Crippen molar-refractivity contribution < 1.29 is 41.2 Å². The zero-order valence-electron chi connectivity index (χ0n) is 24.3. The largest absolute Gasteiger partial charge is 0.469 e. The van der Waals surface area contributed by atoms with Crippen molar-refractivity contribution >= 4 is 46.4 Å². The van der Waals surface area contributed by atoms with Gasteiger partial charge in [0.15, 0.2) is 9.84 Å². The Balaban J connectivity index is 1.82. The second kappa shape index (κ2) is 11.7. The molecule has 0 radical (unpaired) electrons. The van der Waals surface area contributed by atoms with Crippen molar-refractivity contribution in [3.05, 3.63) is 97.9 Å². The van der Waals surface area contributed by atoms with Crippen molar-refractivity contribution in [1.29, 1.82) is 0 Å². The third-order valence-corrected chi connectivity index (χ3v) is 9.49. The number of phosphoric ester groups is 1. The van der Waals surface area contributed by atoms with E-state index in [0.717, 1.165) is 12.3 Å². The Morgan fingerprint density at radius 2 is 1.64 bits per heavy atom. The number of rotatable bonds is 9. The first-order chi connectivity index (χ1) is 20.0. The number of sulfone groups is 1. The lowest BCUT2D eigenvalue weighted by Crippen LogP contribution is -2.29. The summed E-state index contributed by atoms with van der Waals surface area (Å²) in [5.74, 6) is -3.29. The van der Waals surface area contributed by atoms with E-state index in [-0.39, 0.29) is 5.57 Å². The standard InChI is InChI=1S/C29H31Cl2F2N2O7PS/c1-27(2,25-21(30)7-6-8-22(25)31)26-34-24(28(3,4)36)15-35(26)19-11-9-17(10-12-19)18-13-23(44(5,40)41)20(29(32,33)14-18)16-42-43(37,38)39/h6-13,15,36H,14,16H2,1-5H3,(H2,37,38,39). The Bertz CT molecular complexity index is 1800. The van der Waals surface area contributed by atoms with Crippen LogP contribution in [0.4, 0.5) is 8.78 Å². The van der Waals surface area contributed by atoms with Crippen LogP contribution in [0.25, 0.3) is 11.3 Å². The van der Waals surface area contributed by atoms with Gasteiger partial charge in [-0.1, -0.05) is 41.4 Å². The monoisotopic (exact) mass is 690 g/mol. The predicted molar refractivity (Wildman–Crippen MR) is 165 cm³/mol. The van der Waals surface area contributed by atoms with Crippen LogP contribution in [0.2, 0.25) is 10.0 Å². The van der Waals surface area contributed by atoms with Gasteiger partial charge in [0.1, 0.15) is 11.4 Å². The van der Waals surface area contributed by atoms with Gasteiger partial charge in [-0.25, -0.2) is 26.7 Å². The second-order valence-electron chi connectivity index (χ2n) is 11.6. The first-order valence-corrected chi connectivity index (χ1v) is 17.3. The molecule has 3 aromatic rings. The highest BCUT2D eigenvalue weighted by molar-refractivity contribution is 7.94. The van der Waals surface area contributed by atoms with Gasteiger partial charge in [0.05, 0.1) is 22.6 Å². The topological polar surface area (TPSA) is 139 Å². The molecule has 3 N–H and O–H groups in total. The molecule has 0 spiro atoms. The third-order valence-electron chi connectivity index (χ3n) is 7.23. The summed E-state index contributed by atoms with van der Waals surface area (Å²) in [6.07, 6.45) is 2.52. The van der Waals surface area contributed by atoms with E-state index in [1.807, 2.05) is 13.8 Å². The molecule has 1 aliphatic carbocycles. The Labute approximate surface area is 264 Å². The van der Waals surface area contributed by atoms with E-state index in [1.165, 1.54) is 12.1 Å². The van der Waals surface area contributed by atoms with Crippen LogP contribution in [0.3, 0.4) is 0 Å². The number of aromatic nitrogens is 2. The predicted octanol–water partition coefficient (Wildman–Crippen LogP) is 6.56. The molecule has 15 heteroatoms. The number of alkyl halides is 2. The van der Waals surface area contributed by atoms with Crippen LogP contribution in [-0.2, 0) is 29.9 Å². The lowest BCUT2D eigenvalue weighted by atomic mass is 9.83. The maximum Gasteiger partial charge on any atom is 0.469 e. The summed E-state index contributed by atoms with van der Waals surface area (Å²) >= 11 is 13.1. The molecule has 238 valence electrons. The van der Waals surface area contributed by atoms with Crippen LogP contribution in [-0.4, -0.2) is 51.6 Å². The quantitative estimate of drug-likeness (QED) is 0.215. The summed E-state index contributed by atoms with van der Waals surface area (Å²) < 4.78 is 72.6. The van der Waals surface area contributed by atoms with Crippen molar-refractivity contribution in [3.63, 3.8) is 0 Å². The first-order valence-electron chi connectivity index (χ1n) is 13.1. The summed E-state index contributed by atoms with van der Waals surface area (Å²) in [6.45, 7) is 5.67. The minimum Gasteiger partial charge on any atom is -0.384 e. The molecule has 1 aliphatic rings. The maximum atomic E-state index is 15.3. The third kappa shape index (κ3) is 7.18. The lowest BCUT2D eigenvalue weighted by molar-refractivity contribution is 0.0340. The molecule has 0 amide bonds. The van der Waals surface area contributed by atoms with Crippen molar-refractivity contribution in [2.24, 2.45) is 0 Å². The smallest absolute Gasteiger partial charge is 0.384 e. The van der Waals surface area contributed by atoms with Crippen LogP contribution < -0.4 is 0 Å². The van der Waals surface area contributed by atoms with Crippen LogP contribution in [0.5, 0.6) is 0 Å². The number of hydrogen-bond acceptors (Lipinski definition) is 6. The number of aliphatic hydroxyl groups is 1. The summed E-state index contributed by atoms with van der Waals surface area (Å²) in [4.78, 5) is 21.9. The van der Waals surface area contributed by atoms with Gasteiger partial charge in [0.25, 0.3) is 5.92 Å². The number of halogens is 4. The fourth-order valence-corrected chi connectivity index (χ4v) is 7.20. The van der Waals surface area contributed by atoms with E-state index in [1.54, 1.807) is 54.9 Å². The Hall–Kier alpha value is -2.41. The fraction of sp³-hybridized carbons (Fsp3) is 0.345. The molecule has 2 aromatic carbocycles. The van der Waals surface area contributed by atoms with Crippen molar-refractivity contribution in [2.75, 3.05) is 12.9 Å². The molecule has 1 aromatic heterocycles. The Morgan fingerprint density at radius 1 is 1.07 bits per heavy atom. The number of imidazole rings is 1. The number of benzene rings is 2. The van der Waals surface area contributed by atoms with Gasteiger partial charge >= 0.3 is 7.82 Å². The van der Waals surface area contributed by atoms with E-state index >= 15 is 8.78 Å².